The van der Waals surface area contributed by atoms with E-state index in [1.165, 1.54) is 12.8 Å². The van der Waals surface area contributed by atoms with E-state index in [1.807, 2.05) is 10.8 Å². The average Bonchev–Trinajstić information content (AvgIpc) is 2.83. The van der Waals surface area contributed by atoms with Crippen molar-refractivity contribution >= 4 is 5.78 Å². The Morgan fingerprint density at radius 2 is 2.16 bits per heavy atom. The molecule has 1 unspecified atom stereocenters. The zero-order chi connectivity index (χ0) is 14.1. The van der Waals surface area contributed by atoms with Gasteiger partial charge in [-0.25, -0.2) is 4.98 Å². The molecule has 0 aliphatic rings. The number of nitrogens with two attached hydrogens (primary N) is 1. The van der Waals surface area contributed by atoms with E-state index in [2.05, 4.69) is 18.8 Å². The zero-order valence-electron chi connectivity index (χ0n) is 12.3. The highest BCUT2D eigenvalue weighted by atomic mass is 16.1. The lowest BCUT2D eigenvalue weighted by atomic mass is 9.93. The third kappa shape index (κ3) is 5.55. The molecule has 4 nitrogen and oxygen atoms in total. The predicted molar refractivity (Wildman–Crippen MR) is 77.9 cm³/mol. The summed E-state index contributed by atoms with van der Waals surface area (Å²) in [5.41, 5.74) is 5.62. The van der Waals surface area contributed by atoms with Gasteiger partial charge in [-0.15, -0.1) is 0 Å². The van der Waals surface area contributed by atoms with E-state index in [0.29, 0.717) is 24.5 Å². The molecular weight excluding hydrogens is 238 g/mol. The standard InChI is InChI=1S/C15H27N3O/c1-3-5-13(8-9-16)6-7-14(19)12-15-17-10-11-18(15)4-2/h10-11,13H,3-9,12,16H2,1-2H3. The molecule has 0 spiro atoms. The van der Waals surface area contributed by atoms with Crippen molar-refractivity contribution in [2.45, 2.75) is 58.9 Å². The van der Waals surface area contributed by atoms with Crippen LogP contribution in [-0.4, -0.2) is 21.9 Å². The molecule has 0 radical (unpaired) electrons. The quantitative estimate of drug-likeness (QED) is 0.707. The van der Waals surface area contributed by atoms with Gasteiger partial charge in [0.05, 0.1) is 6.42 Å². The van der Waals surface area contributed by atoms with Crippen molar-refractivity contribution in [1.82, 2.24) is 9.55 Å². The fraction of sp³-hybridized carbons (Fsp3) is 0.733. The van der Waals surface area contributed by atoms with Crippen LogP contribution in [-0.2, 0) is 17.8 Å². The molecule has 0 saturated carbocycles. The van der Waals surface area contributed by atoms with Gasteiger partial charge in [0, 0.05) is 25.4 Å². The SMILES string of the molecule is CCCC(CCN)CCC(=O)Cc1nccn1CC. The predicted octanol–water partition coefficient (Wildman–Crippen LogP) is 2.56. The summed E-state index contributed by atoms with van der Waals surface area (Å²) in [5, 5.41) is 0. The second kappa shape index (κ2) is 8.86. The van der Waals surface area contributed by atoms with Gasteiger partial charge in [0.25, 0.3) is 0 Å². The number of imidazole rings is 1. The largest absolute Gasteiger partial charge is 0.335 e. The highest BCUT2D eigenvalue weighted by molar-refractivity contribution is 5.80. The van der Waals surface area contributed by atoms with Gasteiger partial charge < -0.3 is 10.3 Å². The molecule has 4 heteroatoms. The van der Waals surface area contributed by atoms with Crippen LogP contribution < -0.4 is 5.73 Å². The van der Waals surface area contributed by atoms with E-state index in [0.717, 1.165) is 31.8 Å². The number of aromatic nitrogens is 2. The van der Waals surface area contributed by atoms with Crippen LogP contribution >= 0.6 is 0 Å². The Balaban J connectivity index is 2.38. The number of hydrogen-bond acceptors (Lipinski definition) is 3. The van der Waals surface area contributed by atoms with Crippen LogP contribution in [0.4, 0.5) is 0 Å². The summed E-state index contributed by atoms with van der Waals surface area (Å²) in [6.07, 6.45) is 9.15. The number of hydrogen-bond donors (Lipinski definition) is 1. The van der Waals surface area contributed by atoms with Crippen molar-refractivity contribution in [2.75, 3.05) is 6.54 Å². The van der Waals surface area contributed by atoms with Crippen molar-refractivity contribution in [2.24, 2.45) is 11.7 Å². The molecule has 0 fully saturated rings. The zero-order valence-corrected chi connectivity index (χ0v) is 12.3. The van der Waals surface area contributed by atoms with Gasteiger partial charge in [-0.05, 0) is 32.2 Å². The van der Waals surface area contributed by atoms with Crippen LogP contribution in [0.25, 0.3) is 0 Å². The van der Waals surface area contributed by atoms with E-state index >= 15 is 0 Å². The number of carbonyl (C=O) groups excluding carboxylic acids is 1. The van der Waals surface area contributed by atoms with Crippen LogP contribution in [0, 0.1) is 5.92 Å². The summed E-state index contributed by atoms with van der Waals surface area (Å²) in [7, 11) is 0. The number of Topliss-reactive ketones (excluding diaryl/α,β-unsaturated/α-hetero) is 1. The lowest BCUT2D eigenvalue weighted by Gasteiger charge is -2.14. The van der Waals surface area contributed by atoms with E-state index in [1.54, 1.807) is 6.20 Å². The fourth-order valence-corrected chi connectivity index (χ4v) is 2.50. The Morgan fingerprint density at radius 1 is 1.37 bits per heavy atom. The Morgan fingerprint density at radius 3 is 2.79 bits per heavy atom. The van der Waals surface area contributed by atoms with Crippen molar-refractivity contribution in [3.05, 3.63) is 18.2 Å². The van der Waals surface area contributed by atoms with Gasteiger partial charge >= 0.3 is 0 Å². The Hall–Kier alpha value is -1.16. The molecule has 0 aromatic carbocycles. The first kappa shape index (κ1) is 15.9. The highest BCUT2D eigenvalue weighted by Gasteiger charge is 2.12. The van der Waals surface area contributed by atoms with Gasteiger partial charge in [-0.3, -0.25) is 4.79 Å². The molecule has 1 heterocycles. The summed E-state index contributed by atoms with van der Waals surface area (Å²) in [4.78, 5) is 16.3. The molecule has 1 atom stereocenters. The molecule has 1 rings (SSSR count). The maximum absolute atomic E-state index is 12.0. The van der Waals surface area contributed by atoms with Crippen molar-refractivity contribution in [1.29, 1.82) is 0 Å². The number of carbonyl (C=O) groups is 1. The van der Waals surface area contributed by atoms with Gasteiger partial charge in [-0.1, -0.05) is 19.8 Å². The minimum absolute atomic E-state index is 0.291. The molecule has 1 aromatic rings. The lowest BCUT2D eigenvalue weighted by molar-refractivity contribution is -0.118. The van der Waals surface area contributed by atoms with Crippen LogP contribution in [0.1, 0.15) is 51.8 Å². The summed E-state index contributed by atoms with van der Waals surface area (Å²) in [6, 6.07) is 0. The molecule has 0 saturated heterocycles. The minimum Gasteiger partial charge on any atom is -0.335 e. The van der Waals surface area contributed by atoms with Gasteiger partial charge in [0.2, 0.25) is 0 Å². The fourth-order valence-electron chi connectivity index (χ4n) is 2.50. The minimum atomic E-state index is 0.291. The number of aryl methyl sites for hydroxylation is 1. The van der Waals surface area contributed by atoms with E-state index in [9.17, 15) is 4.79 Å². The first-order valence-electron chi connectivity index (χ1n) is 7.43. The second-order valence-electron chi connectivity index (χ2n) is 5.12. The number of ketones is 1. The molecule has 0 bridgehead atoms. The molecular formula is C15H27N3O. The second-order valence-corrected chi connectivity index (χ2v) is 5.12. The maximum Gasteiger partial charge on any atom is 0.140 e. The molecule has 0 aliphatic heterocycles. The first-order chi connectivity index (χ1) is 9.21. The van der Waals surface area contributed by atoms with Crippen molar-refractivity contribution in [3.63, 3.8) is 0 Å². The third-order valence-electron chi connectivity index (χ3n) is 3.60. The molecule has 0 aliphatic carbocycles. The van der Waals surface area contributed by atoms with Gasteiger partial charge in [-0.2, -0.15) is 0 Å². The Kier molecular flexibility index (Phi) is 7.41. The van der Waals surface area contributed by atoms with E-state index in [4.69, 9.17) is 5.73 Å². The summed E-state index contributed by atoms with van der Waals surface area (Å²) in [6.45, 7) is 5.84. The molecule has 1 aromatic heterocycles. The van der Waals surface area contributed by atoms with E-state index in [-0.39, 0.29) is 0 Å². The lowest BCUT2D eigenvalue weighted by Crippen LogP contribution is -2.13. The topological polar surface area (TPSA) is 60.9 Å². The first-order valence-corrected chi connectivity index (χ1v) is 7.43. The van der Waals surface area contributed by atoms with Gasteiger partial charge in [0.15, 0.2) is 0 Å². The van der Waals surface area contributed by atoms with Crippen molar-refractivity contribution in [3.8, 4) is 0 Å². The van der Waals surface area contributed by atoms with Gasteiger partial charge in [0.1, 0.15) is 11.6 Å². The smallest absolute Gasteiger partial charge is 0.140 e. The van der Waals surface area contributed by atoms with Crippen LogP contribution in [0.5, 0.6) is 0 Å². The van der Waals surface area contributed by atoms with Crippen LogP contribution in [0.2, 0.25) is 0 Å². The number of rotatable bonds is 10. The third-order valence-corrected chi connectivity index (χ3v) is 3.60. The summed E-state index contributed by atoms with van der Waals surface area (Å²) < 4.78 is 2.03. The maximum atomic E-state index is 12.0. The Labute approximate surface area is 116 Å². The average molecular weight is 265 g/mol. The van der Waals surface area contributed by atoms with Crippen LogP contribution in [0.3, 0.4) is 0 Å². The molecule has 0 amide bonds. The Bertz CT molecular complexity index is 367. The summed E-state index contributed by atoms with van der Waals surface area (Å²) >= 11 is 0. The molecule has 19 heavy (non-hydrogen) atoms. The van der Waals surface area contributed by atoms with E-state index < -0.39 is 0 Å². The summed E-state index contributed by atoms with van der Waals surface area (Å²) in [5.74, 6) is 1.78. The van der Waals surface area contributed by atoms with Crippen molar-refractivity contribution < 1.29 is 4.79 Å². The normalized spacial score (nSPS) is 12.6. The van der Waals surface area contributed by atoms with Crippen LogP contribution in [0.15, 0.2) is 12.4 Å². The number of nitrogens with zero attached hydrogens (tertiary/aromatic N) is 2. The molecule has 2 N–H and O–H groups in total. The highest BCUT2D eigenvalue weighted by Crippen LogP contribution is 2.17. The monoisotopic (exact) mass is 265 g/mol. The molecule has 108 valence electrons.